The number of ether oxygens (including phenoxy) is 3. The van der Waals surface area contributed by atoms with Crippen LogP contribution in [0.5, 0.6) is 5.75 Å². The molecular weight excluding hydrogens is 256 g/mol. The van der Waals surface area contributed by atoms with E-state index in [2.05, 4.69) is 4.74 Å². The van der Waals surface area contributed by atoms with Crippen molar-refractivity contribution < 1.29 is 28.2 Å². The third-order valence-corrected chi connectivity index (χ3v) is 2.11. The van der Waals surface area contributed by atoms with Crippen LogP contribution in [-0.2, 0) is 9.47 Å². The lowest BCUT2D eigenvalue weighted by Gasteiger charge is -2.07. The summed E-state index contributed by atoms with van der Waals surface area (Å²) in [5.74, 6) is -2.46. The van der Waals surface area contributed by atoms with E-state index in [-0.39, 0.29) is 30.3 Å². The smallest absolute Gasteiger partial charge is 0.378 e. The van der Waals surface area contributed by atoms with Gasteiger partial charge in [0.05, 0.1) is 20.3 Å². The molecule has 7 heteroatoms. The summed E-state index contributed by atoms with van der Waals surface area (Å²) in [6.07, 6.45) is 0.856. The number of hydrogen-bond acceptors (Lipinski definition) is 7. The molecule has 7 nitrogen and oxygen atoms in total. The summed E-state index contributed by atoms with van der Waals surface area (Å²) in [6, 6.07) is 0. The molecule has 1 heterocycles. The van der Waals surface area contributed by atoms with Crippen LogP contribution in [0.25, 0.3) is 0 Å². The zero-order valence-electron chi connectivity index (χ0n) is 10.8. The summed E-state index contributed by atoms with van der Waals surface area (Å²) in [4.78, 5) is 35.0. The largest absolute Gasteiger partial charge is 0.489 e. The summed E-state index contributed by atoms with van der Waals surface area (Å²) >= 11 is 0. The van der Waals surface area contributed by atoms with E-state index in [4.69, 9.17) is 13.9 Å². The van der Waals surface area contributed by atoms with Crippen molar-refractivity contribution in [3.63, 3.8) is 0 Å². The molecule has 0 radical (unpaired) electrons. The first kappa shape index (κ1) is 14.7. The summed E-state index contributed by atoms with van der Waals surface area (Å²) in [5, 5.41) is 0. The maximum Gasteiger partial charge on any atom is 0.378 e. The van der Waals surface area contributed by atoms with Crippen LogP contribution in [0.4, 0.5) is 0 Å². The van der Waals surface area contributed by atoms with Gasteiger partial charge in [-0.15, -0.1) is 0 Å². The number of rotatable bonds is 5. The minimum atomic E-state index is -0.843. The van der Waals surface area contributed by atoms with E-state index < -0.39 is 17.4 Å². The molecule has 104 valence electrons. The van der Waals surface area contributed by atoms with Gasteiger partial charge >= 0.3 is 11.9 Å². The van der Waals surface area contributed by atoms with E-state index in [1.54, 1.807) is 13.8 Å². The Kier molecular flexibility index (Phi) is 5.11. The van der Waals surface area contributed by atoms with E-state index >= 15 is 0 Å². The number of methoxy groups -OCH3 is 1. The molecule has 0 spiro atoms. The second-order valence-electron chi connectivity index (χ2n) is 3.28. The van der Waals surface area contributed by atoms with E-state index in [0.717, 1.165) is 6.26 Å². The lowest BCUT2D eigenvalue weighted by atomic mass is 10.2. The van der Waals surface area contributed by atoms with Crippen molar-refractivity contribution in [1.82, 2.24) is 0 Å². The fourth-order valence-electron chi connectivity index (χ4n) is 1.32. The number of carbonyl (C=O) groups excluding carboxylic acids is 2. The van der Waals surface area contributed by atoms with Crippen molar-refractivity contribution in [2.24, 2.45) is 0 Å². The Morgan fingerprint density at radius 3 is 2.26 bits per heavy atom. The fraction of sp³-hybridized carbons (Fsp3) is 0.417. The zero-order chi connectivity index (χ0) is 14.4. The second kappa shape index (κ2) is 6.58. The number of esters is 2. The minimum Gasteiger partial charge on any atom is -0.489 e. The van der Waals surface area contributed by atoms with Gasteiger partial charge < -0.3 is 18.6 Å². The van der Waals surface area contributed by atoms with Crippen LogP contribution in [0.1, 0.15) is 34.8 Å². The normalized spacial score (nSPS) is 9.84. The molecule has 0 saturated heterocycles. The molecule has 1 aromatic rings. The molecular formula is C12H14O7. The monoisotopic (exact) mass is 270 g/mol. The third kappa shape index (κ3) is 3.12. The van der Waals surface area contributed by atoms with Crippen molar-refractivity contribution in [2.45, 2.75) is 13.8 Å². The quantitative estimate of drug-likeness (QED) is 0.737. The average molecular weight is 270 g/mol. The summed E-state index contributed by atoms with van der Waals surface area (Å²) in [5.41, 5.74) is -1.12. The minimum absolute atomic E-state index is 0.111. The molecule has 19 heavy (non-hydrogen) atoms. The van der Waals surface area contributed by atoms with Gasteiger partial charge in [0.2, 0.25) is 11.2 Å². The van der Waals surface area contributed by atoms with Crippen LogP contribution in [-0.4, -0.2) is 32.3 Å². The highest BCUT2D eigenvalue weighted by Gasteiger charge is 2.25. The average Bonchev–Trinajstić information content (AvgIpc) is 2.38. The van der Waals surface area contributed by atoms with Crippen LogP contribution < -0.4 is 10.2 Å². The van der Waals surface area contributed by atoms with Crippen LogP contribution in [0.15, 0.2) is 15.5 Å². The van der Waals surface area contributed by atoms with Gasteiger partial charge in [0.25, 0.3) is 5.76 Å². The van der Waals surface area contributed by atoms with Gasteiger partial charge in [-0.05, 0) is 13.8 Å². The van der Waals surface area contributed by atoms with Gasteiger partial charge in [-0.2, -0.15) is 0 Å². The first-order chi connectivity index (χ1) is 9.06. The van der Waals surface area contributed by atoms with Crippen molar-refractivity contribution in [3.8, 4) is 5.75 Å². The van der Waals surface area contributed by atoms with Crippen molar-refractivity contribution in [1.29, 1.82) is 0 Å². The molecule has 0 N–H and O–H groups in total. The highest BCUT2D eigenvalue weighted by Crippen LogP contribution is 2.16. The maximum atomic E-state index is 12.0. The second-order valence-corrected chi connectivity index (χ2v) is 3.28. The Morgan fingerprint density at radius 1 is 1.16 bits per heavy atom. The predicted octanol–water partition coefficient (Wildman–Crippen LogP) is 1.00. The zero-order valence-corrected chi connectivity index (χ0v) is 10.8. The van der Waals surface area contributed by atoms with Gasteiger partial charge in [0.15, 0.2) is 0 Å². The van der Waals surface area contributed by atoms with Crippen molar-refractivity contribution in [3.05, 3.63) is 27.8 Å². The first-order valence-electron chi connectivity index (χ1n) is 5.60. The Labute approximate surface area is 109 Å². The SMILES string of the molecule is CCOC(=O)c1occ(C(=O)OCC)c(=O)c1OC. The van der Waals surface area contributed by atoms with Crippen LogP contribution in [0.3, 0.4) is 0 Å². The summed E-state index contributed by atoms with van der Waals surface area (Å²) < 4.78 is 19.1. The Balaban J connectivity index is 3.27. The predicted molar refractivity (Wildman–Crippen MR) is 63.4 cm³/mol. The summed E-state index contributed by atoms with van der Waals surface area (Å²) in [6.45, 7) is 3.44. The van der Waals surface area contributed by atoms with Gasteiger partial charge in [-0.25, -0.2) is 9.59 Å². The van der Waals surface area contributed by atoms with Gasteiger partial charge in [0.1, 0.15) is 11.8 Å². The molecule has 1 aromatic heterocycles. The molecule has 0 aliphatic rings. The third-order valence-electron chi connectivity index (χ3n) is 2.11. The topological polar surface area (TPSA) is 92.0 Å². The maximum absolute atomic E-state index is 12.0. The van der Waals surface area contributed by atoms with Crippen LogP contribution >= 0.6 is 0 Å². The highest BCUT2D eigenvalue weighted by atomic mass is 16.6. The van der Waals surface area contributed by atoms with Crippen LogP contribution in [0.2, 0.25) is 0 Å². The molecule has 0 aliphatic heterocycles. The van der Waals surface area contributed by atoms with E-state index in [0.29, 0.717) is 0 Å². The van der Waals surface area contributed by atoms with Crippen molar-refractivity contribution in [2.75, 3.05) is 20.3 Å². The van der Waals surface area contributed by atoms with E-state index in [9.17, 15) is 14.4 Å². The molecule has 0 saturated carbocycles. The number of hydrogen-bond donors (Lipinski definition) is 0. The summed E-state index contributed by atoms with van der Waals surface area (Å²) in [7, 11) is 1.18. The Bertz CT molecular complexity index is 529. The lowest BCUT2D eigenvalue weighted by molar-refractivity contribution is 0.0466. The van der Waals surface area contributed by atoms with Gasteiger partial charge in [-0.1, -0.05) is 0 Å². The number of carbonyl (C=O) groups is 2. The van der Waals surface area contributed by atoms with Gasteiger partial charge in [0, 0.05) is 0 Å². The van der Waals surface area contributed by atoms with E-state index in [1.807, 2.05) is 0 Å². The molecule has 0 bridgehead atoms. The molecule has 1 rings (SSSR count). The fourth-order valence-corrected chi connectivity index (χ4v) is 1.32. The van der Waals surface area contributed by atoms with Gasteiger partial charge in [-0.3, -0.25) is 4.79 Å². The lowest BCUT2D eigenvalue weighted by Crippen LogP contribution is -2.21. The van der Waals surface area contributed by atoms with Crippen LogP contribution in [0, 0.1) is 0 Å². The molecule has 0 atom stereocenters. The van der Waals surface area contributed by atoms with Crippen molar-refractivity contribution >= 4 is 11.9 Å². The Hall–Kier alpha value is -2.31. The molecule has 0 fully saturated rings. The molecule has 0 aliphatic carbocycles. The molecule has 0 unspecified atom stereocenters. The molecule has 0 aromatic carbocycles. The van der Waals surface area contributed by atoms with E-state index in [1.165, 1.54) is 7.11 Å². The highest BCUT2D eigenvalue weighted by molar-refractivity contribution is 5.93. The molecule has 0 amide bonds. The Morgan fingerprint density at radius 2 is 1.74 bits per heavy atom. The first-order valence-corrected chi connectivity index (χ1v) is 5.60. The standard InChI is InChI=1S/C12H14O7/c1-4-17-11(14)7-6-19-10(12(15)18-5-2)9(16-3)8(7)13/h6H,4-5H2,1-3H3.